The van der Waals surface area contributed by atoms with E-state index in [1.807, 2.05) is 29.7 Å². The van der Waals surface area contributed by atoms with Gasteiger partial charge in [0.2, 0.25) is 11.8 Å². The third kappa shape index (κ3) is 1.98. The Bertz CT molecular complexity index is 473. The molecule has 2 N–H and O–H groups in total. The van der Waals surface area contributed by atoms with Gasteiger partial charge in [0.1, 0.15) is 0 Å². The molecule has 5 nitrogen and oxygen atoms in total. The number of nitrogens with two attached hydrogens (primary N) is 1. The minimum absolute atomic E-state index is 0.502. The standard InChI is InChI=1S/C11H14N4O/c1-8-6-13-11(12)15(8)7-9-4-3-5-10(14-9)16-2/h3-6H,7H2,1-2H3,(H2,12,13). The Hall–Kier alpha value is -2.04. The van der Waals surface area contributed by atoms with Gasteiger partial charge in [-0.15, -0.1) is 0 Å². The van der Waals surface area contributed by atoms with Crippen LogP contribution in [0, 0.1) is 6.92 Å². The predicted octanol–water partition coefficient (Wildman–Crippen LogP) is 1.23. The van der Waals surface area contributed by atoms with Gasteiger partial charge in [0.25, 0.3) is 0 Å². The normalized spacial score (nSPS) is 10.4. The first-order chi connectivity index (χ1) is 7.70. The second-order valence-corrected chi connectivity index (χ2v) is 3.52. The van der Waals surface area contributed by atoms with Crippen LogP contribution in [-0.4, -0.2) is 21.6 Å². The molecule has 0 bridgehead atoms. The molecule has 0 aromatic carbocycles. The van der Waals surface area contributed by atoms with Crippen molar-refractivity contribution < 1.29 is 4.74 Å². The molecule has 0 saturated heterocycles. The van der Waals surface area contributed by atoms with Crippen LogP contribution < -0.4 is 10.5 Å². The third-order valence-electron chi connectivity index (χ3n) is 2.40. The van der Waals surface area contributed by atoms with Gasteiger partial charge in [0, 0.05) is 11.8 Å². The Balaban J connectivity index is 2.27. The highest BCUT2D eigenvalue weighted by atomic mass is 16.5. The number of aryl methyl sites for hydroxylation is 1. The Kier molecular flexibility index (Phi) is 2.76. The largest absolute Gasteiger partial charge is 0.481 e. The minimum Gasteiger partial charge on any atom is -0.481 e. The van der Waals surface area contributed by atoms with Gasteiger partial charge >= 0.3 is 0 Å². The summed E-state index contributed by atoms with van der Waals surface area (Å²) in [6.45, 7) is 2.57. The number of nitrogens with zero attached hydrogens (tertiary/aromatic N) is 3. The van der Waals surface area contributed by atoms with Crippen LogP contribution in [0.2, 0.25) is 0 Å². The van der Waals surface area contributed by atoms with E-state index in [9.17, 15) is 0 Å². The first-order valence-electron chi connectivity index (χ1n) is 4.98. The van der Waals surface area contributed by atoms with E-state index in [0.29, 0.717) is 18.4 Å². The SMILES string of the molecule is COc1cccc(Cn2c(C)cnc2N)n1. The Labute approximate surface area is 93.9 Å². The molecule has 2 heterocycles. The Morgan fingerprint density at radius 2 is 2.25 bits per heavy atom. The number of aromatic nitrogens is 3. The number of rotatable bonds is 3. The molecule has 0 saturated carbocycles. The van der Waals surface area contributed by atoms with Crippen LogP contribution in [0.15, 0.2) is 24.4 Å². The molecule has 2 aromatic heterocycles. The Morgan fingerprint density at radius 1 is 1.44 bits per heavy atom. The molecule has 0 atom stereocenters. The molecule has 84 valence electrons. The van der Waals surface area contributed by atoms with E-state index < -0.39 is 0 Å². The van der Waals surface area contributed by atoms with Gasteiger partial charge in [0.05, 0.1) is 25.5 Å². The summed E-state index contributed by atoms with van der Waals surface area (Å²) in [5, 5.41) is 0. The number of pyridine rings is 1. The van der Waals surface area contributed by atoms with E-state index in [-0.39, 0.29) is 0 Å². The van der Waals surface area contributed by atoms with Crippen molar-refractivity contribution in [1.29, 1.82) is 0 Å². The predicted molar refractivity (Wildman–Crippen MR) is 61.3 cm³/mol. The fourth-order valence-electron chi connectivity index (χ4n) is 1.51. The summed E-state index contributed by atoms with van der Waals surface area (Å²) in [5.41, 5.74) is 7.66. The lowest BCUT2D eigenvalue weighted by Gasteiger charge is -2.07. The van der Waals surface area contributed by atoms with Gasteiger partial charge in [0.15, 0.2) is 0 Å². The van der Waals surface area contributed by atoms with Crippen LogP contribution in [0.3, 0.4) is 0 Å². The lowest BCUT2D eigenvalue weighted by molar-refractivity contribution is 0.396. The lowest BCUT2D eigenvalue weighted by atomic mass is 10.3. The number of imidazole rings is 1. The molecule has 0 fully saturated rings. The quantitative estimate of drug-likeness (QED) is 0.841. The average molecular weight is 218 g/mol. The molecule has 16 heavy (non-hydrogen) atoms. The number of ether oxygens (including phenoxy) is 1. The van der Waals surface area contributed by atoms with Crippen LogP contribution in [-0.2, 0) is 6.54 Å². The number of nitrogen functional groups attached to an aromatic ring is 1. The first-order valence-corrected chi connectivity index (χ1v) is 4.98. The van der Waals surface area contributed by atoms with E-state index in [2.05, 4.69) is 9.97 Å². The van der Waals surface area contributed by atoms with Crippen molar-refractivity contribution in [2.75, 3.05) is 12.8 Å². The molecule has 0 unspecified atom stereocenters. The fraction of sp³-hybridized carbons (Fsp3) is 0.273. The zero-order valence-electron chi connectivity index (χ0n) is 9.34. The summed E-state index contributed by atoms with van der Waals surface area (Å²) in [6, 6.07) is 5.65. The van der Waals surface area contributed by atoms with Crippen LogP contribution in [0.4, 0.5) is 5.95 Å². The zero-order chi connectivity index (χ0) is 11.5. The third-order valence-corrected chi connectivity index (χ3v) is 2.40. The van der Waals surface area contributed by atoms with Gasteiger partial charge < -0.3 is 15.0 Å². The van der Waals surface area contributed by atoms with Gasteiger partial charge in [-0.3, -0.25) is 0 Å². The van der Waals surface area contributed by atoms with Gasteiger partial charge in [-0.1, -0.05) is 6.07 Å². The van der Waals surface area contributed by atoms with E-state index in [4.69, 9.17) is 10.5 Å². The van der Waals surface area contributed by atoms with Gasteiger partial charge in [-0.25, -0.2) is 9.97 Å². The molecule has 0 amide bonds. The van der Waals surface area contributed by atoms with Crippen molar-refractivity contribution in [3.8, 4) is 5.88 Å². The van der Waals surface area contributed by atoms with Crippen molar-refractivity contribution in [1.82, 2.24) is 14.5 Å². The van der Waals surface area contributed by atoms with Crippen LogP contribution in [0.5, 0.6) is 5.88 Å². The van der Waals surface area contributed by atoms with Crippen LogP contribution in [0.1, 0.15) is 11.4 Å². The fourth-order valence-corrected chi connectivity index (χ4v) is 1.51. The molecule has 2 aromatic rings. The highest BCUT2D eigenvalue weighted by Gasteiger charge is 2.05. The molecule has 0 aliphatic rings. The van der Waals surface area contributed by atoms with E-state index in [1.165, 1.54) is 0 Å². The number of hydrogen-bond donors (Lipinski definition) is 1. The van der Waals surface area contributed by atoms with E-state index >= 15 is 0 Å². The molecule has 0 aliphatic carbocycles. The number of anilines is 1. The zero-order valence-corrected chi connectivity index (χ0v) is 9.34. The number of methoxy groups -OCH3 is 1. The van der Waals surface area contributed by atoms with Crippen molar-refractivity contribution >= 4 is 5.95 Å². The van der Waals surface area contributed by atoms with Gasteiger partial charge in [-0.2, -0.15) is 0 Å². The van der Waals surface area contributed by atoms with Crippen LogP contribution >= 0.6 is 0 Å². The molecule has 0 spiro atoms. The summed E-state index contributed by atoms with van der Waals surface area (Å²) >= 11 is 0. The summed E-state index contributed by atoms with van der Waals surface area (Å²) in [6.07, 6.45) is 1.75. The number of hydrogen-bond acceptors (Lipinski definition) is 4. The maximum Gasteiger partial charge on any atom is 0.213 e. The summed E-state index contributed by atoms with van der Waals surface area (Å²) in [4.78, 5) is 8.36. The minimum atomic E-state index is 0.502. The molecule has 2 rings (SSSR count). The summed E-state index contributed by atoms with van der Waals surface area (Å²) in [5.74, 6) is 1.11. The Morgan fingerprint density at radius 3 is 2.88 bits per heavy atom. The molecule has 0 radical (unpaired) electrons. The smallest absolute Gasteiger partial charge is 0.213 e. The maximum absolute atomic E-state index is 5.75. The molecular formula is C11H14N4O. The van der Waals surface area contributed by atoms with Crippen molar-refractivity contribution in [2.45, 2.75) is 13.5 Å². The summed E-state index contributed by atoms with van der Waals surface area (Å²) in [7, 11) is 1.60. The van der Waals surface area contributed by atoms with Crippen molar-refractivity contribution in [3.05, 3.63) is 35.8 Å². The highest BCUT2D eigenvalue weighted by Crippen LogP contribution is 2.12. The lowest BCUT2D eigenvalue weighted by Crippen LogP contribution is -2.07. The first kappa shape index (κ1) is 10.5. The topological polar surface area (TPSA) is 66.0 Å². The van der Waals surface area contributed by atoms with Crippen LogP contribution in [0.25, 0.3) is 0 Å². The maximum atomic E-state index is 5.75. The summed E-state index contributed by atoms with van der Waals surface area (Å²) < 4.78 is 6.97. The molecule has 0 aliphatic heterocycles. The second-order valence-electron chi connectivity index (χ2n) is 3.52. The van der Waals surface area contributed by atoms with Gasteiger partial charge in [-0.05, 0) is 13.0 Å². The average Bonchev–Trinajstić information content (AvgIpc) is 2.61. The van der Waals surface area contributed by atoms with E-state index in [1.54, 1.807) is 13.3 Å². The highest BCUT2D eigenvalue weighted by molar-refractivity contribution is 5.24. The second kappa shape index (κ2) is 4.22. The van der Waals surface area contributed by atoms with E-state index in [0.717, 1.165) is 11.4 Å². The molecular weight excluding hydrogens is 204 g/mol. The molecule has 5 heteroatoms. The van der Waals surface area contributed by atoms with Crippen molar-refractivity contribution in [2.24, 2.45) is 0 Å². The van der Waals surface area contributed by atoms with Crippen molar-refractivity contribution in [3.63, 3.8) is 0 Å². The monoisotopic (exact) mass is 218 g/mol.